The first kappa shape index (κ1) is 16.2. The van der Waals surface area contributed by atoms with Crippen LogP contribution in [0.5, 0.6) is 0 Å². The number of hydrogen-bond donors (Lipinski definition) is 1. The van der Waals surface area contributed by atoms with E-state index in [0.717, 1.165) is 26.5 Å². The zero-order valence-electron chi connectivity index (χ0n) is 12.5. The van der Waals surface area contributed by atoms with Gasteiger partial charge >= 0.3 is 0 Å². The molecule has 0 aliphatic carbocycles. The van der Waals surface area contributed by atoms with Crippen molar-refractivity contribution in [1.29, 1.82) is 0 Å². The van der Waals surface area contributed by atoms with E-state index in [1.165, 1.54) is 18.1 Å². The lowest BCUT2D eigenvalue weighted by Gasteiger charge is -2.14. The maximum Gasteiger partial charge on any atom is 0.237 e. The second-order valence-electron chi connectivity index (χ2n) is 4.98. The van der Waals surface area contributed by atoms with Crippen LogP contribution < -0.4 is 5.32 Å². The van der Waals surface area contributed by atoms with Crippen molar-refractivity contribution in [2.24, 2.45) is 0 Å². The highest BCUT2D eigenvalue weighted by atomic mass is 35.5. The summed E-state index contributed by atoms with van der Waals surface area (Å²) in [5, 5.41) is 7.06. The van der Waals surface area contributed by atoms with Crippen molar-refractivity contribution in [3.63, 3.8) is 0 Å². The minimum absolute atomic E-state index is 0.0811. The molecule has 3 rings (SSSR count). The Bertz CT molecular complexity index is 865. The zero-order valence-corrected chi connectivity index (χ0v) is 14.9. The Hall–Kier alpha value is -1.63. The molecule has 1 amide bonds. The highest BCUT2D eigenvalue weighted by Crippen LogP contribution is 2.31. The second kappa shape index (κ2) is 6.86. The highest BCUT2D eigenvalue weighted by Gasteiger charge is 2.18. The highest BCUT2D eigenvalue weighted by molar-refractivity contribution is 8.00. The van der Waals surface area contributed by atoms with E-state index in [2.05, 4.69) is 15.3 Å². The first-order valence-electron chi connectivity index (χ1n) is 6.97. The molecule has 3 aromatic rings. The molecule has 0 saturated carbocycles. The van der Waals surface area contributed by atoms with Crippen LogP contribution >= 0.6 is 34.7 Å². The molecule has 0 aliphatic rings. The number of anilines is 1. The minimum Gasteiger partial charge on any atom is -0.325 e. The van der Waals surface area contributed by atoms with E-state index >= 15 is 0 Å². The molecule has 0 saturated heterocycles. The van der Waals surface area contributed by atoms with E-state index < -0.39 is 0 Å². The van der Waals surface area contributed by atoms with E-state index in [-0.39, 0.29) is 11.2 Å². The molecular formula is C16H14ClN3OS2. The molecule has 0 unspecified atom stereocenters. The van der Waals surface area contributed by atoms with Gasteiger partial charge in [-0.15, -0.1) is 11.3 Å². The van der Waals surface area contributed by atoms with Crippen LogP contribution in [0.15, 0.2) is 41.0 Å². The van der Waals surface area contributed by atoms with E-state index in [4.69, 9.17) is 11.6 Å². The number of thioether (sulfide) groups is 1. The maximum atomic E-state index is 12.4. The molecule has 1 N–H and O–H groups in total. The van der Waals surface area contributed by atoms with Crippen molar-refractivity contribution in [3.05, 3.63) is 46.6 Å². The molecule has 2 heterocycles. The van der Waals surface area contributed by atoms with E-state index in [0.29, 0.717) is 5.02 Å². The molecule has 0 bridgehead atoms. The third-order valence-corrected chi connectivity index (χ3v) is 5.75. The number of aromatic nitrogens is 2. The molecule has 2 aromatic heterocycles. The summed E-state index contributed by atoms with van der Waals surface area (Å²) in [5.41, 5.74) is 1.60. The summed E-state index contributed by atoms with van der Waals surface area (Å²) >= 11 is 9.08. The molecule has 1 atom stereocenters. The van der Waals surface area contributed by atoms with Gasteiger partial charge in [0.05, 0.1) is 5.25 Å². The first-order chi connectivity index (χ1) is 11.1. The van der Waals surface area contributed by atoms with Crippen molar-refractivity contribution < 1.29 is 4.79 Å². The van der Waals surface area contributed by atoms with Crippen LogP contribution in [0.3, 0.4) is 0 Å². The summed E-state index contributed by atoms with van der Waals surface area (Å²) in [6.45, 7) is 3.75. The van der Waals surface area contributed by atoms with Crippen LogP contribution in [0.25, 0.3) is 10.2 Å². The van der Waals surface area contributed by atoms with Crippen molar-refractivity contribution in [2.45, 2.75) is 24.1 Å². The van der Waals surface area contributed by atoms with Crippen LogP contribution in [-0.4, -0.2) is 21.1 Å². The van der Waals surface area contributed by atoms with Crippen molar-refractivity contribution in [1.82, 2.24) is 9.97 Å². The quantitative estimate of drug-likeness (QED) is 0.535. The Balaban J connectivity index is 1.75. The van der Waals surface area contributed by atoms with Crippen LogP contribution in [-0.2, 0) is 4.79 Å². The fourth-order valence-corrected chi connectivity index (χ4v) is 3.93. The minimum atomic E-state index is -0.286. The number of amides is 1. The summed E-state index contributed by atoms with van der Waals surface area (Å²) in [7, 11) is 0. The summed E-state index contributed by atoms with van der Waals surface area (Å²) in [4.78, 5) is 21.9. The number of nitrogens with zero attached hydrogens (tertiary/aromatic N) is 2. The lowest BCUT2D eigenvalue weighted by Crippen LogP contribution is -2.23. The van der Waals surface area contributed by atoms with Crippen LogP contribution in [0.4, 0.5) is 5.69 Å². The van der Waals surface area contributed by atoms with Gasteiger partial charge in [-0.2, -0.15) is 0 Å². The molecule has 7 heteroatoms. The Labute approximate surface area is 147 Å². The molecule has 23 heavy (non-hydrogen) atoms. The Kier molecular flexibility index (Phi) is 4.84. The number of fused-ring (bicyclic) bond motifs is 1. The number of nitrogens with one attached hydrogen (secondary N) is 1. The van der Waals surface area contributed by atoms with Gasteiger partial charge in [0.25, 0.3) is 0 Å². The Morgan fingerprint density at radius 1 is 1.35 bits per heavy atom. The fourth-order valence-electron chi connectivity index (χ4n) is 2.06. The van der Waals surface area contributed by atoms with Gasteiger partial charge in [0.1, 0.15) is 16.2 Å². The molecule has 0 radical (unpaired) electrons. The van der Waals surface area contributed by atoms with E-state index in [1.807, 2.05) is 37.4 Å². The number of halogens is 1. The largest absolute Gasteiger partial charge is 0.325 e. The number of carbonyl (C=O) groups excluding carboxylic acids is 1. The molecular weight excluding hydrogens is 350 g/mol. The van der Waals surface area contributed by atoms with Gasteiger partial charge in [-0.05, 0) is 43.0 Å². The number of benzene rings is 1. The van der Waals surface area contributed by atoms with Gasteiger partial charge in [0.2, 0.25) is 5.91 Å². The first-order valence-corrected chi connectivity index (χ1v) is 9.11. The van der Waals surface area contributed by atoms with Gasteiger partial charge in [0, 0.05) is 16.1 Å². The lowest BCUT2D eigenvalue weighted by molar-refractivity contribution is -0.115. The second-order valence-corrected chi connectivity index (χ2v) is 7.61. The summed E-state index contributed by atoms with van der Waals surface area (Å²) in [5.74, 6) is -0.0811. The predicted molar refractivity (Wildman–Crippen MR) is 97.6 cm³/mol. The number of hydrogen-bond acceptors (Lipinski definition) is 5. The molecule has 118 valence electrons. The maximum absolute atomic E-state index is 12.4. The van der Waals surface area contributed by atoms with E-state index in [1.54, 1.807) is 17.4 Å². The molecule has 0 fully saturated rings. The monoisotopic (exact) mass is 363 g/mol. The molecule has 0 spiro atoms. The van der Waals surface area contributed by atoms with Crippen molar-refractivity contribution >= 4 is 56.5 Å². The molecule has 1 aromatic carbocycles. The summed E-state index contributed by atoms with van der Waals surface area (Å²) in [6.07, 6.45) is 1.53. The lowest BCUT2D eigenvalue weighted by atomic mass is 10.2. The normalized spacial score (nSPS) is 12.3. The average molecular weight is 364 g/mol. The average Bonchev–Trinajstić information content (AvgIpc) is 3.01. The smallest absolute Gasteiger partial charge is 0.237 e. The third-order valence-electron chi connectivity index (χ3n) is 3.41. The SMILES string of the molecule is Cc1c(Cl)cccc1NC(=O)[C@@H](C)Sc1ncnc2sccc12. The van der Waals surface area contributed by atoms with Crippen LogP contribution in [0.2, 0.25) is 5.02 Å². The van der Waals surface area contributed by atoms with E-state index in [9.17, 15) is 4.79 Å². The standard InChI is InChI=1S/C16H14ClN3OS2/c1-9-12(17)4-3-5-13(9)20-14(21)10(2)23-16-11-6-7-22-15(11)18-8-19-16/h3-8,10H,1-2H3,(H,20,21)/t10-/m1/s1. The van der Waals surface area contributed by atoms with Gasteiger partial charge in [-0.1, -0.05) is 29.4 Å². The number of carbonyl (C=O) groups is 1. The zero-order chi connectivity index (χ0) is 16.4. The molecule has 0 aliphatic heterocycles. The van der Waals surface area contributed by atoms with Crippen molar-refractivity contribution in [3.8, 4) is 0 Å². The van der Waals surface area contributed by atoms with Gasteiger partial charge < -0.3 is 5.32 Å². The molecule has 4 nitrogen and oxygen atoms in total. The summed E-state index contributed by atoms with van der Waals surface area (Å²) < 4.78 is 0. The fraction of sp³-hybridized carbons (Fsp3) is 0.188. The van der Waals surface area contributed by atoms with Gasteiger partial charge in [-0.3, -0.25) is 4.79 Å². The topological polar surface area (TPSA) is 54.9 Å². The van der Waals surface area contributed by atoms with Gasteiger partial charge in [-0.25, -0.2) is 9.97 Å². The number of rotatable bonds is 4. The van der Waals surface area contributed by atoms with Crippen LogP contribution in [0, 0.1) is 6.92 Å². The predicted octanol–water partition coefficient (Wildman–Crippen LogP) is 4.77. The van der Waals surface area contributed by atoms with Gasteiger partial charge in [0.15, 0.2) is 0 Å². The van der Waals surface area contributed by atoms with Crippen molar-refractivity contribution in [2.75, 3.05) is 5.32 Å². The Morgan fingerprint density at radius 2 is 2.17 bits per heavy atom. The third kappa shape index (κ3) is 3.49. The van der Waals surface area contributed by atoms with Crippen LogP contribution in [0.1, 0.15) is 12.5 Å². The summed E-state index contributed by atoms with van der Waals surface area (Å²) in [6, 6.07) is 7.45. The number of thiophene rings is 1. The Morgan fingerprint density at radius 3 is 3.00 bits per heavy atom.